The summed E-state index contributed by atoms with van der Waals surface area (Å²) >= 11 is 0. The molecule has 1 atom stereocenters. The van der Waals surface area contributed by atoms with Gasteiger partial charge in [-0.25, -0.2) is 9.50 Å². The van der Waals surface area contributed by atoms with Crippen LogP contribution in [0.25, 0.3) is 5.65 Å². The summed E-state index contributed by atoms with van der Waals surface area (Å²) in [7, 11) is 0. The zero-order valence-electron chi connectivity index (χ0n) is 17.0. The van der Waals surface area contributed by atoms with E-state index in [0.717, 1.165) is 29.1 Å². The molecular weight excluding hydrogens is 397 g/mol. The molecule has 10 heteroatoms. The van der Waals surface area contributed by atoms with E-state index in [9.17, 15) is 18.0 Å². The number of hydrogen-bond acceptors (Lipinski definition) is 4. The highest BCUT2D eigenvalue weighted by Gasteiger charge is 2.36. The molecule has 3 aromatic heterocycles. The van der Waals surface area contributed by atoms with Gasteiger partial charge >= 0.3 is 6.18 Å². The highest BCUT2D eigenvalue weighted by molar-refractivity contribution is 5.92. The lowest BCUT2D eigenvalue weighted by molar-refractivity contribution is -0.142. The lowest BCUT2D eigenvalue weighted by atomic mass is 9.99. The monoisotopic (exact) mass is 420 g/mol. The molecule has 0 bridgehead atoms. The van der Waals surface area contributed by atoms with Gasteiger partial charge in [0.1, 0.15) is 11.4 Å². The molecule has 1 aliphatic heterocycles. The maximum Gasteiger partial charge on any atom is 0.433 e. The predicted octanol–water partition coefficient (Wildman–Crippen LogP) is 4.27. The third kappa shape index (κ3) is 3.66. The van der Waals surface area contributed by atoms with Crippen molar-refractivity contribution < 1.29 is 18.0 Å². The summed E-state index contributed by atoms with van der Waals surface area (Å²) in [5, 5.41) is 11.2. The number of hydrogen-bond donors (Lipinski definition) is 1. The Kier molecular flexibility index (Phi) is 5.03. The average molecular weight is 420 g/mol. The molecule has 0 unspecified atom stereocenters. The van der Waals surface area contributed by atoms with Crippen molar-refractivity contribution in [3.63, 3.8) is 0 Å². The summed E-state index contributed by atoms with van der Waals surface area (Å²) in [6, 6.07) is 3.83. The first-order chi connectivity index (χ1) is 14.1. The summed E-state index contributed by atoms with van der Waals surface area (Å²) in [5.74, 6) is -0.0511. The molecule has 7 nitrogen and oxygen atoms in total. The van der Waals surface area contributed by atoms with E-state index in [1.54, 1.807) is 17.0 Å². The summed E-state index contributed by atoms with van der Waals surface area (Å²) in [5.41, 5.74) is 1.08. The SMILES string of the molecule is Cc1cc(C(F)(F)F)n2nc([C@H]3CCCCN3C(=O)c3cc(C(C)C)[nH]n3)cc2n1. The van der Waals surface area contributed by atoms with Crippen molar-refractivity contribution in [1.29, 1.82) is 0 Å². The Morgan fingerprint density at radius 2 is 2.00 bits per heavy atom. The fourth-order valence-corrected chi connectivity index (χ4v) is 3.85. The van der Waals surface area contributed by atoms with Crippen LogP contribution in [0.4, 0.5) is 13.2 Å². The van der Waals surface area contributed by atoms with Crippen molar-refractivity contribution in [3.8, 4) is 0 Å². The maximum atomic E-state index is 13.5. The Balaban J connectivity index is 1.72. The van der Waals surface area contributed by atoms with E-state index in [0.29, 0.717) is 24.4 Å². The number of amides is 1. The molecule has 0 saturated carbocycles. The van der Waals surface area contributed by atoms with Crippen LogP contribution in [0.15, 0.2) is 18.2 Å². The second-order valence-corrected chi connectivity index (χ2v) is 7.99. The molecule has 30 heavy (non-hydrogen) atoms. The van der Waals surface area contributed by atoms with Gasteiger partial charge in [-0.3, -0.25) is 9.89 Å². The molecule has 3 aromatic rings. The normalized spacial score (nSPS) is 17.8. The number of fused-ring (bicyclic) bond motifs is 1. The number of aromatic nitrogens is 5. The van der Waals surface area contributed by atoms with E-state index in [-0.39, 0.29) is 23.2 Å². The smallest absolute Gasteiger partial charge is 0.329 e. The number of halogens is 3. The number of carbonyl (C=O) groups excluding carboxylic acids is 1. The standard InChI is InChI=1S/C20H23F3N6O/c1-11(2)13-9-15(26-25-13)19(30)28-7-5-4-6-16(28)14-10-18-24-12(3)8-17(20(21,22)23)29(18)27-14/h8-11,16H,4-7H2,1-3H3,(H,25,26)/t16-/m1/s1. The van der Waals surface area contributed by atoms with Gasteiger partial charge in [-0.15, -0.1) is 0 Å². The average Bonchev–Trinajstić information content (AvgIpc) is 3.33. The molecule has 1 saturated heterocycles. The van der Waals surface area contributed by atoms with Crippen LogP contribution in [0.5, 0.6) is 0 Å². The van der Waals surface area contributed by atoms with Crippen LogP contribution in [0.3, 0.4) is 0 Å². The Morgan fingerprint density at radius 3 is 2.67 bits per heavy atom. The zero-order valence-corrected chi connectivity index (χ0v) is 17.0. The molecule has 4 heterocycles. The van der Waals surface area contributed by atoms with Gasteiger partial charge in [0, 0.05) is 24.0 Å². The molecule has 1 aliphatic rings. The summed E-state index contributed by atoms with van der Waals surface area (Å²) in [6.45, 7) is 6.01. The van der Waals surface area contributed by atoms with E-state index < -0.39 is 17.9 Å². The summed E-state index contributed by atoms with van der Waals surface area (Å²) in [6.07, 6.45) is -2.25. The molecule has 1 fully saturated rings. The molecule has 0 aliphatic carbocycles. The van der Waals surface area contributed by atoms with Crippen LogP contribution in [0.1, 0.15) is 78.3 Å². The minimum atomic E-state index is -4.56. The molecule has 1 amide bonds. The quantitative estimate of drug-likeness (QED) is 0.686. The highest BCUT2D eigenvalue weighted by Crippen LogP contribution is 2.34. The number of nitrogens with zero attached hydrogens (tertiary/aromatic N) is 5. The lowest BCUT2D eigenvalue weighted by Gasteiger charge is -2.34. The van der Waals surface area contributed by atoms with Crippen molar-refractivity contribution in [2.75, 3.05) is 6.54 Å². The Morgan fingerprint density at radius 1 is 1.23 bits per heavy atom. The Labute approximate surface area is 171 Å². The summed E-state index contributed by atoms with van der Waals surface area (Å²) in [4.78, 5) is 19.0. The van der Waals surface area contributed by atoms with Crippen LogP contribution in [0.2, 0.25) is 0 Å². The van der Waals surface area contributed by atoms with Crippen LogP contribution in [-0.4, -0.2) is 42.1 Å². The number of piperidine rings is 1. The third-order valence-electron chi connectivity index (χ3n) is 5.41. The number of nitrogens with one attached hydrogen (secondary N) is 1. The first-order valence-corrected chi connectivity index (χ1v) is 9.96. The predicted molar refractivity (Wildman–Crippen MR) is 103 cm³/mol. The van der Waals surface area contributed by atoms with E-state index in [1.807, 2.05) is 13.8 Å². The van der Waals surface area contributed by atoms with E-state index >= 15 is 0 Å². The number of likely N-dealkylation sites (tertiary alicyclic amines) is 1. The van der Waals surface area contributed by atoms with Crippen molar-refractivity contribution in [2.45, 2.75) is 58.2 Å². The van der Waals surface area contributed by atoms with Crippen LogP contribution < -0.4 is 0 Å². The van der Waals surface area contributed by atoms with Gasteiger partial charge in [-0.05, 0) is 44.2 Å². The number of alkyl halides is 3. The van der Waals surface area contributed by atoms with Gasteiger partial charge in [0.2, 0.25) is 0 Å². The van der Waals surface area contributed by atoms with Gasteiger partial charge in [-0.1, -0.05) is 13.8 Å². The number of carbonyl (C=O) groups is 1. The first-order valence-electron chi connectivity index (χ1n) is 9.96. The molecular formula is C20H23F3N6O. The minimum absolute atomic E-state index is 0.122. The van der Waals surface area contributed by atoms with Gasteiger partial charge in [0.25, 0.3) is 5.91 Å². The number of H-pyrrole nitrogens is 1. The molecule has 0 spiro atoms. The largest absolute Gasteiger partial charge is 0.433 e. The number of rotatable bonds is 3. The summed E-state index contributed by atoms with van der Waals surface area (Å²) < 4.78 is 41.3. The van der Waals surface area contributed by atoms with Crippen molar-refractivity contribution in [2.24, 2.45) is 0 Å². The van der Waals surface area contributed by atoms with Crippen molar-refractivity contribution in [1.82, 2.24) is 29.7 Å². The van der Waals surface area contributed by atoms with E-state index in [1.165, 1.54) is 6.92 Å². The molecule has 0 radical (unpaired) electrons. The lowest BCUT2D eigenvalue weighted by Crippen LogP contribution is -2.39. The maximum absolute atomic E-state index is 13.5. The Hall–Kier alpha value is -2.91. The highest BCUT2D eigenvalue weighted by atomic mass is 19.4. The fourth-order valence-electron chi connectivity index (χ4n) is 3.85. The van der Waals surface area contributed by atoms with Gasteiger partial charge < -0.3 is 4.90 Å². The van der Waals surface area contributed by atoms with E-state index in [2.05, 4.69) is 20.3 Å². The Bertz CT molecular complexity index is 1080. The molecule has 0 aromatic carbocycles. The minimum Gasteiger partial charge on any atom is -0.329 e. The molecule has 160 valence electrons. The molecule has 1 N–H and O–H groups in total. The second kappa shape index (κ2) is 7.41. The molecule has 4 rings (SSSR count). The van der Waals surface area contributed by atoms with Crippen LogP contribution >= 0.6 is 0 Å². The van der Waals surface area contributed by atoms with Gasteiger partial charge in [0.15, 0.2) is 5.65 Å². The second-order valence-electron chi connectivity index (χ2n) is 7.99. The van der Waals surface area contributed by atoms with Gasteiger partial charge in [-0.2, -0.15) is 23.4 Å². The van der Waals surface area contributed by atoms with Gasteiger partial charge in [0.05, 0.1) is 11.7 Å². The van der Waals surface area contributed by atoms with Crippen molar-refractivity contribution in [3.05, 3.63) is 46.7 Å². The zero-order chi connectivity index (χ0) is 21.6. The first kappa shape index (κ1) is 20.4. The van der Waals surface area contributed by atoms with Crippen molar-refractivity contribution >= 4 is 11.6 Å². The van der Waals surface area contributed by atoms with Crippen LogP contribution in [-0.2, 0) is 6.18 Å². The van der Waals surface area contributed by atoms with Crippen LogP contribution in [0, 0.1) is 6.92 Å². The number of aromatic amines is 1. The van der Waals surface area contributed by atoms with E-state index in [4.69, 9.17) is 0 Å². The number of aryl methyl sites for hydroxylation is 1. The third-order valence-corrected chi connectivity index (χ3v) is 5.41. The topological polar surface area (TPSA) is 79.2 Å². The fraction of sp³-hybridized carbons (Fsp3) is 0.500.